The van der Waals surface area contributed by atoms with Crippen LogP contribution in [0.3, 0.4) is 0 Å². The molecule has 0 saturated carbocycles. The van der Waals surface area contributed by atoms with Crippen LogP contribution in [-0.4, -0.2) is 47.0 Å². The van der Waals surface area contributed by atoms with Gasteiger partial charge in [-0.3, -0.25) is 4.79 Å². The molecule has 0 bridgehead atoms. The zero-order valence-electron chi connectivity index (χ0n) is 15.2. The smallest absolute Gasteiger partial charge is 0.255 e. The average Bonchev–Trinajstić information content (AvgIpc) is 2.63. The van der Waals surface area contributed by atoms with E-state index in [-0.39, 0.29) is 11.8 Å². The van der Waals surface area contributed by atoms with Gasteiger partial charge in [0.1, 0.15) is 11.6 Å². The maximum atomic E-state index is 12.8. The third kappa shape index (κ3) is 3.94. The zero-order chi connectivity index (χ0) is 18.8. The van der Waals surface area contributed by atoms with E-state index >= 15 is 0 Å². The number of nitrogens with zero attached hydrogens (tertiary/aromatic N) is 4. The second-order valence-electron chi connectivity index (χ2n) is 6.76. The lowest BCUT2D eigenvalue weighted by molar-refractivity contribution is 0.0746. The van der Waals surface area contributed by atoms with Gasteiger partial charge in [0.2, 0.25) is 0 Å². The van der Waals surface area contributed by atoms with Gasteiger partial charge in [0.15, 0.2) is 0 Å². The first kappa shape index (κ1) is 18.9. The first-order valence-electron chi connectivity index (χ1n) is 8.70. The van der Waals surface area contributed by atoms with Crippen molar-refractivity contribution in [2.24, 2.45) is 0 Å². The fourth-order valence-corrected chi connectivity index (χ4v) is 3.35. The van der Waals surface area contributed by atoms with Gasteiger partial charge < -0.3 is 9.80 Å². The van der Waals surface area contributed by atoms with Gasteiger partial charge in [0.05, 0.1) is 15.6 Å². The lowest BCUT2D eigenvalue weighted by atomic mass is 10.1. The first-order chi connectivity index (χ1) is 12.4. The summed E-state index contributed by atoms with van der Waals surface area (Å²) in [5.41, 5.74) is 1.41. The molecule has 1 aromatic carbocycles. The summed E-state index contributed by atoms with van der Waals surface area (Å²) in [4.78, 5) is 25.9. The fraction of sp³-hybridized carbons (Fsp3) is 0.421. The fourth-order valence-electron chi connectivity index (χ4n) is 2.97. The van der Waals surface area contributed by atoms with Crippen LogP contribution in [0.1, 0.15) is 41.6 Å². The molecule has 1 fully saturated rings. The van der Waals surface area contributed by atoms with Gasteiger partial charge in [-0.25, -0.2) is 9.97 Å². The van der Waals surface area contributed by atoms with Crippen molar-refractivity contribution in [3.8, 4) is 0 Å². The van der Waals surface area contributed by atoms with Crippen LogP contribution >= 0.6 is 23.2 Å². The molecule has 0 atom stereocenters. The minimum Gasteiger partial charge on any atom is -0.353 e. The predicted molar refractivity (Wildman–Crippen MR) is 105 cm³/mol. The van der Waals surface area contributed by atoms with Crippen LogP contribution in [-0.2, 0) is 0 Å². The molecule has 1 aliphatic rings. The molecular formula is C19H22Cl2N4O. The second kappa shape index (κ2) is 7.80. The highest BCUT2D eigenvalue weighted by molar-refractivity contribution is 6.43. The molecule has 0 unspecified atom stereocenters. The molecule has 0 N–H and O–H groups in total. The molecule has 3 rings (SSSR count). The minimum atomic E-state index is -0.0844. The molecule has 1 aliphatic heterocycles. The van der Waals surface area contributed by atoms with Gasteiger partial charge in [0, 0.05) is 43.9 Å². The van der Waals surface area contributed by atoms with Gasteiger partial charge in [-0.15, -0.1) is 0 Å². The standard InChI is InChI=1S/C19H22Cl2N4O/c1-12(2)18-22-13(3)11-16(23-18)24-7-9-25(10-8-24)19(26)14-5-4-6-15(20)17(14)21/h4-6,11-12H,7-10H2,1-3H3. The molecule has 26 heavy (non-hydrogen) atoms. The van der Waals surface area contributed by atoms with E-state index in [1.54, 1.807) is 18.2 Å². The van der Waals surface area contributed by atoms with Crippen molar-refractivity contribution in [1.82, 2.24) is 14.9 Å². The molecule has 1 saturated heterocycles. The minimum absolute atomic E-state index is 0.0844. The summed E-state index contributed by atoms with van der Waals surface area (Å²) in [5, 5.41) is 0.712. The number of rotatable bonds is 3. The maximum absolute atomic E-state index is 12.8. The van der Waals surface area contributed by atoms with Crippen LogP contribution in [0.4, 0.5) is 5.82 Å². The van der Waals surface area contributed by atoms with Gasteiger partial charge >= 0.3 is 0 Å². The number of carbonyl (C=O) groups excluding carboxylic acids is 1. The van der Waals surface area contributed by atoms with Crippen molar-refractivity contribution < 1.29 is 4.79 Å². The first-order valence-corrected chi connectivity index (χ1v) is 9.46. The SMILES string of the molecule is Cc1cc(N2CCN(C(=O)c3cccc(Cl)c3Cl)CC2)nc(C(C)C)n1. The van der Waals surface area contributed by atoms with E-state index in [0.29, 0.717) is 28.7 Å². The molecule has 2 heterocycles. The predicted octanol–water partition coefficient (Wildman–Crippen LogP) is 4.18. The number of carbonyl (C=O) groups is 1. The monoisotopic (exact) mass is 392 g/mol. The van der Waals surface area contributed by atoms with Crippen LogP contribution < -0.4 is 4.90 Å². The Labute approximate surface area is 163 Å². The highest BCUT2D eigenvalue weighted by atomic mass is 35.5. The zero-order valence-corrected chi connectivity index (χ0v) is 16.7. The normalized spacial score (nSPS) is 14.8. The Bertz CT molecular complexity index is 817. The summed E-state index contributed by atoms with van der Waals surface area (Å²) in [6.07, 6.45) is 0. The molecule has 0 radical (unpaired) electrons. The van der Waals surface area contributed by atoms with E-state index in [1.807, 2.05) is 17.9 Å². The summed E-state index contributed by atoms with van der Waals surface area (Å²) in [6, 6.07) is 7.14. The lowest BCUT2D eigenvalue weighted by Crippen LogP contribution is -2.49. The Kier molecular flexibility index (Phi) is 5.68. The number of benzene rings is 1. The summed E-state index contributed by atoms with van der Waals surface area (Å²) >= 11 is 12.2. The number of amides is 1. The lowest BCUT2D eigenvalue weighted by Gasteiger charge is -2.35. The third-order valence-electron chi connectivity index (χ3n) is 4.45. The van der Waals surface area contributed by atoms with Crippen molar-refractivity contribution >= 4 is 34.9 Å². The molecular weight excluding hydrogens is 371 g/mol. The summed E-state index contributed by atoms with van der Waals surface area (Å²) in [7, 11) is 0. The summed E-state index contributed by atoms with van der Waals surface area (Å²) < 4.78 is 0. The van der Waals surface area contributed by atoms with E-state index in [1.165, 1.54) is 0 Å². The molecule has 2 aromatic rings. The molecule has 5 nitrogen and oxygen atoms in total. The van der Waals surface area contributed by atoms with E-state index in [4.69, 9.17) is 23.2 Å². The van der Waals surface area contributed by atoms with Crippen molar-refractivity contribution in [1.29, 1.82) is 0 Å². The Balaban J connectivity index is 1.71. The number of anilines is 1. The number of aryl methyl sites for hydroxylation is 1. The van der Waals surface area contributed by atoms with Gasteiger partial charge in [-0.1, -0.05) is 43.1 Å². The van der Waals surface area contributed by atoms with Crippen LogP contribution in [0.2, 0.25) is 10.0 Å². The summed E-state index contributed by atoms with van der Waals surface area (Å²) in [6.45, 7) is 8.82. The van der Waals surface area contributed by atoms with E-state index in [9.17, 15) is 4.79 Å². The number of aromatic nitrogens is 2. The molecule has 1 aromatic heterocycles. The highest BCUT2D eigenvalue weighted by Gasteiger charge is 2.25. The van der Waals surface area contributed by atoms with E-state index in [0.717, 1.165) is 30.4 Å². The number of hydrogen-bond donors (Lipinski definition) is 0. The Morgan fingerprint density at radius 3 is 2.46 bits per heavy atom. The second-order valence-corrected chi connectivity index (χ2v) is 7.55. The van der Waals surface area contributed by atoms with Crippen LogP contribution in [0, 0.1) is 6.92 Å². The largest absolute Gasteiger partial charge is 0.353 e. The van der Waals surface area contributed by atoms with Gasteiger partial charge in [-0.05, 0) is 19.1 Å². The Hall–Kier alpha value is -1.85. The quantitative estimate of drug-likeness (QED) is 0.785. The number of halogens is 2. The Morgan fingerprint density at radius 1 is 1.12 bits per heavy atom. The number of piperazine rings is 1. The molecule has 138 valence electrons. The van der Waals surface area contributed by atoms with Crippen LogP contribution in [0.25, 0.3) is 0 Å². The van der Waals surface area contributed by atoms with Crippen LogP contribution in [0.5, 0.6) is 0 Å². The van der Waals surface area contributed by atoms with E-state index in [2.05, 4.69) is 28.7 Å². The molecule has 0 spiro atoms. The van der Waals surface area contributed by atoms with Crippen molar-refractivity contribution in [2.45, 2.75) is 26.7 Å². The highest BCUT2D eigenvalue weighted by Crippen LogP contribution is 2.27. The van der Waals surface area contributed by atoms with Gasteiger partial charge in [-0.2, -0.15) is 0 Å². The molecule has 0 aliphatic carbocycles. The summed E-state index contributed by atoms with van der Waals surface area (Å²) in [5.74, 6) is 1.97. The Morgan fingerprint density at radius 2 is 1.81 bits per heavy atom. The average molecular weight is 393 g/mol. The third-order valence-corrected chi connectivity index (χ3v) is 5.27. The van der Waals surface area contributed by atoms with Crippen molar-refractivity contribution in [2.75, 3.05) is 31.1 Å². The molecule has 7 heteroatoms. The topological polar surface area (TPSA) is 49.3 Å². The van der Waals surface area contributed by atoms with E-state index < -0.39 is 0 Å². The van der Waals surface area contributed by atoms with Crippen molar-refractivity contribution in [3.63, 3.8) is 0 Å². The number of hydrogen-bond acceptors (Lipinski definition) is 4. The van der Waals surface area contributed by atoms with Gasteiger partial charge in [0.25, 0.3) is 5.91 Å². The van der Waals surface area contributed by atoms with Crippen LogP contribution in [0.15, 0.2) is 24.3 Å². The maximum Gasteiger partial charge on any atom is 0.255 e. The molecule has 1 amide bonds. The van der Waals surface area contributed by atoms with Crippen molar-refractivity contribution in [3.05, 3.63) is 51.4 Å².